The summed E-state index contributed by atoms with van der Waals surface area (Å²) in [6.07, 6.45) is 0. The molecule has 9 nitrogen and oxygen atoms in total. The molecule has 1 aromatic rings. The standard InChI is InChI=1S/C6H9N3O3.3C2H6O/c1-7-4(10)8(2)6(12)9(3)5(7)11;3*1-3-2/h1-3H3;3*1-2H3. The molecule has 9 heteroatoms. The molecule has 0 bridgehead atoms. The van der Waals surface area contributed by atoms with Gasteiger partial charge in [0.15, 0.2) is 0 Å². The van der Waals surface area contributed by atoms with Gasteiger partial charge in [-0.2, -0.15) is 0 Å². The number of hydrogen-bond acceptors (Lipinski definition) is 6. The predicted octanol–water partition coefficient (Wildman–Crippen LogP) is -1.43. The Labute approximate surface area is 124 Å². The van der Waals surface area contributed by atoms with Crippen LogP contribution in [0.2, 0.25) is 0 Å². The maximum absolute atomic E-state index is 11.1. The summed E-state index contributed by atoms with van der Waals surface area (Å²) in [5.74, 6) is 0. The molecule has 0 aliphatic carbocycles. The van der Waals surface area contributed by atoms with E-state index >= 15 is 0 Å². The molecule has 0 aliphatic rings. The number of ether oxygens (including phenoxy) is 3. The third-order valence-corrected chi connectivity index (χ3v) is 1.72. The molecule has 0 N–H and O–H groups in total. The van der Waals surface area contributed by atoms with Crippen LogP contribution >= 0.6 is 0 Å². The van der Waals surface area contributed by atoms with Crippen LogP contribution in [0.15, 0.2) is 14.4 Å². The molecule has 0 amide bonds. The second-order valence-corrected chi connectivity index (χ2v) is 3.75. The van der Waals surface area contributed by atoms with E-state index in [9.17, 15) is 14.4 Å². The molecule has 0 atom stereocenters. The summed E-state index contributed by atoms with van der Waals surface area (Å²) in [6, 6.07) is 0. The Balaban J connectivity index is -0.000000300. The monoisotopic (exact) mass is 309 g/mol. The van der Waals surface area contributed by atoms with Crippen LogP contribution in [-0.2, 0) is 35.4 Å². The molecule has 0 radical (unpaired) electrons. The predicted molar refractivity (Wildman–Crippen MR) is 81.0 cm³/mol. The summed E-state index contributed by atoms with van der Waals surface area (Å²) in [5.41, 5.74) is -1.82. The lowest BCUT2D eigenvalue weighted by Gasteiger charge is -2.02. The zero-order valence-corrected chi connectivity index (χ0v) is 14.3. The van der Waals surface area contributed by atoms with Crippen LogP contribution < -0.4 is 17.1 Å². The first-order valence-corrected chi connectivity index (χ1v) is 5.75. The molecule has 126 valence electrons. The number of nitrogens with zero attached hydrogens (tertiary/aromatic N) is 3. The number of hydrogen-bond donors (Lipinski definition) is 0. The smallest absolute Gasteiger partial charge is 0.335 e. The summed E-state index contributed by atoms with van der Waals surface area (Å²) < 4.78 is 15.4. The largest absolute Gasteiger partial charge is 0.388 e. The van der Waals surface area contributed by atoms with E-state index < -0.39 is 17.1 Å². The van der Waals surface area contributed by atoms with Crippen LogP contribution in [0.1, 0.15) is 0 Å². The van der Waals surface area contributed by atoms with Crippen molar-refractivity contribution in [3.8, 4) is 0 Å². The molecule has 21 heavy (non-hydrogen) atoms. The molecule has 0 spiro atoms. The molecule has 0 saturated carbocycles. The molecule has 0 aromatic carbocycles. The minimum Gasteiger partial charge on any atom is -0.388 e. The Morgan fingerprint density at radius 1 is 0.524 bits per heavy atom. The number of rotatable bonds is 0. The van der Waals surface area contributed by atoms with Gasteiger partial charge in [0.05, 0.1) is 0 Å². The van der Waals surface area contributed by atoms with Crippen molar-refractivity contribution >= 4 is 0 Å². The van der Waals surface area contributed by atoms with Gasteiger partial charge in [0.2, 0.25) is 0 Å². The normalized spacial score (nSPS) is 8.43. The van der Waals surface area contributed by atoms with Crippen LogP contribution in [0.3, 0.4) is 0 Å². The van der Waals surface area contributed by atoms with Crippen molar-refractivity contribution in [1.29, 1.82) is 0 Å². The summed E-state index contributed by atoms with van der Waals surface area (Å²) >= 11 is 0. The topological polar surface area (TPSA) is 93.7 Å². The Bertz CT molecular complexity index is 423. The average Bonchev–Trinajstić information content (AvgIpc) is 2.44. The highest BCUT2D eigenvalue weighted by atomic mass is 16.5. The lowest BCUT2D eigenvalue weighted by molar-refractivity contribution is 0.277. The molecule has 1 heterocycles. The van der Waals surface area contributed by atoms with E-state index in [-0.39, 0.29) is 0 Å². The lowest BCUT2D eigenvalue weighted by Crippen LogP contribution is -2.51. The zero-order chi connectivity index (χ0) is 17.6. The van der Waals surface area contributed by atoms with E-state index in [1.54, 1.807) is 42.7 Å². The van der Waals surface area contributed by atoms with E-state index in [4.69, 9.17) is 0 Å². The molecule has 1 aromatic heterocycles. The summed E-state index contributed by atoms with van der Waals surface area (Å²) in [7, 11) is 13.7. The van der Waals surface area contributed by atoms with Gasteiger partial charge in [-0.05, 0) is 0 Å². The first-order chi connectivity index (χ1) is 9.71. The van der Waals surface area contributed by atoms with Crippen LogP contribution in [-0.4, -0.2) is 56.4 Å². The third kappa shape index (κ3) is 9.77. The van der Waals surface area contributed by atoms with Crippen LogP contribution in [0.5, 0.6) is 0 Å². The van der Waals surface area contributed by atoms with Crippen molar-refractivity contribution < 1.29 is 14.2 Å². The van der Waals surface area contributed by atoms with Gasteiger partial charge in [-0.25, -0.2) is 28.1 Å². The maximum atomic E-state index is 11.1. The van der Waals surface area contributed by atoms with E-state index in [2.05, 4.69) is 14.2 Å². The maximum Gasteiger partial charge on any atom is 0.335 e. The molecule has 0 saturated heterocycles. The SMILES string of the molecule is COC.COC.COC.Cn1c(=O)n(C)c(=O)n(C)c1=O. The molecule has 1 rings (SSSR count). The Morgan fingerprint density at radius 3 is 0.714 bits per heavy atom. The number of methoxy groups -OCH3 is 3. The van der Waals surface area contributed by atoms with E-state index in [1.807, 2.05) is 0 Å². The van der Waals surface area contributed by atoms with Crippen molar-refractivity contribution in [1.82, 2.24) is 13.7 Å². The van der Waals surface area contributed by atoms with Gasteiger partial charge < -0.3 is 14.2 Å². The Kier molecular flexibility index (Phi) is 17.0. The van der Waals surface area contributed by atoms with Crippen molar-refractivity contribution in [3.05, 3.63) is 31.5 Å². The van der Waals surface area contributed by atoms with Crippen molar-refractivity contribution in [3.63, 3.8) is 0 Å². The fourth-order valence-corrected chi connectivity index (χ4v) is 0.920. The second kappa shape index (κ2) is 14.7. The molecular formula is C12H27N3O6. The highest BCUT2D eigenvalue weighted by Gasteiger charge is 2.05. The second-order valence-electron chi connectivity index (χ2n) is 3.75. The van der Waals surface area contributed by atoms with Crippen LogP contribution in [0.25, 0.3) is 0 Å². The highest BCUT2D eigenvalue weighted by molar-refractivity contribution is 4.73. The van der Waals surface area contributed by atoms with Gasteiger partial charge in [0.1, 0.15) is 0 Å². The average molecular weight is 309 g/mol. The van der Waals surface area contributed by atoms with Crippen LogP contribution in [0.4, 0.5) is 0 Å². The van der Waals surface area contributed by atoms with Crippen molar-refractivity contribution in [2.24, 2.45) is 21.1 Å². The molecule has 0 aliphatic heterocycles. The molecular weight excluding hydrogens is 282 g/mol. The highest BCUT2D eigenvalue weighted by Crippen LogP contribution is 1.58. The third-order valence-electron chi connectivity index (χ3n) is 1.72. The van der Waals surface area contributed by atoms with Gasteiger partial charge in [0.25, 0.3) is 0 Å². The van der Waals surface area contributed by atoms with Crippen LogP contribution in [0, 0.1) is 0 Å². The van der Waals surface area contributed by atoms with Gasteiger partial charge in [0, 0.05) is 63.8 Å². The van der Waals surface area contributed by atoms with Crippen molar-refractivity contribution in [2.45, 2.75) is 0 Å². The Hall–Kier alpha value is -1.71. The fraction of sp³-hybridized carbons (Fsp3) is 0.750. The fourth-order valence-electron chi connectivity index (χ4n) is 0.920. The van der Waals surface area contributed by atoms with Gasteiger partial charge in [-0.15, -0.1) is 0 Å². The van der Waals surface area contributed by atoms with Crippen molar-refractivity contribution in [2.75, 3.05) is 42.7 Å². The quantitative estimate of drug-likeness (QED) is 0.583. The summed E-state index contributed by atoms with van der Waals surface area (Å²) in [4.78, 5) is 33.2. The number of aromatic nitrogens is 3. The molecule has 0 fully saturated rings. The minimum atomic E-state index is -0.608. The first-order valence-electron chi connectivity index (χ1n) is 5.75. The van der Waals surface area contributed by atoms with Gasteiger partial charge in [-0.1, -0.05) is 0 Å². The zero-order valence-electron chi connectivity index (χ0n) is 14.3. The summed E-state index contributed by atoms with van der Waals surface area (Å²) in [6.45, 7) is 0. The van der Waals surface area contributed by atoms with E-state index in [0.29, 0.717) is 0 Å². The van der Waals surface area contributed by atoms with E-state index in [1.165, 1.54) is 21.1 Å². The Morgan fingerprint density at radius 2 is 0.619 bits per heavy atom. The molecule has 0 unspecified atom stereocenters. The minimum absolute atomic E-state index is 0.608. The summed E-state index contributed by atoms with van der Waals surface area (Å²) in [5, 5.41) is 0. The lowest BCUT2D eigenvalue weighted by atomic mass is 10.8. The van der Waals surface area contributed by atoms with Gasteiger partial charge in [-0.3, -0.25) is 0 Å². The van der Waals surface area contributed by atoms with E-state index in [0.717, 1.165) is 13.7 Å². The first kappa shape index (κ1) is 24.3. The van der Waals surface area contributed by atoms with Gasteiger partial charge >= 0.3 is 17.1 Å².